The van der Waals surface area contributed by atoms with Crippen molar-refractivity contribution in [2.75, 3.05) is 13.1 Å². The maximum atomic E-state index is 11.8. The number of amides is 1. The maximum Gasteiger partial charge on any atom is 0.275 e. The molecule has 7 nitrogen and oxygen atoms in total. The molecule has 21 heavy (non-hydrogen) atoms. The summed E-state index contributed by atoms with van der Waals surface area (Å²) < 4.78 is 1.35. The molecular weight excluding hydrogens is 290 g/mol. The van der Waals surface area contributed by atoms with Gasteiger partial charge < -0.3 is 5.73 Å². The third-order valence-corrected chi connectivity index (χ3v) is 4.66. The standard InChI is InChI=1S/C13H17N5O2S/c1-8-6-11(19)18-13(15-8)21-10(16-18)7-17-4-2-9(3-5-17)12(14)20/h6,9H,2-5,7H2,1H3,(H2,14,20). The minimum Gasteiger partial charge on any atom is -0.369 e. The van der Waals surface area contributed by atoms with Crippen molar-refractivity contribution in [2.45, 2.75) is 26.3 Å². The second-order valence-corrected chi connectivity index (χ2v) is 6.42. The highest BCUT2D eigenvalue weighted by Crippen LogP contribution is 2.20. The van der Waals surface area contributed by atoms with Gasteiger partial charge in [-0.1, -0.05) is 11.3 Å². The normalized spacial score (nSPS) is 17.4. The molecule has 1 aliphatic heterocycles. The number of hydrogen-bond acceptors (Lipinski definition) is 6. The van der Waals surface area contributed by atoms with Crippen LogP contribution in [0.25, 0.3) is 4.96 Å². The number of primary amides is 1. The van der Waals surface area contributed by atoms with E-state index in [1.165, 1.54) is 21.9 Å². The Balaban J connectivity index is 1.73. The smallest absolute Gasteiger partial charge is 0.275 e. The van der Waals surface area contributed by atoms with E-state index in [9.17, 15) is 9.59 Å². The predicted octanol–water partition coefficient (Wildman–Crippen LogP) is 0.157. The third-order valence-electron chi connectivity index (χ3n) is 3.76. The van der Waals surface area contributed by atoms with Crippen molar-refractivity contribution in [1.82, 2.24) is 19.5 Å². The Morgan fingerprint density at radius 2 is 2.19 bits per heavy atom. The van der Waals surface area contributed by atoms with Crippen molar-refractivity contribution in [2.24, 2.45) is 11.7 Å². The molecule has 2 aromatic rings. The van der Waals surface area contributed by atoms with Crippen LogP contribution in [0.2, 0.25) is 0 Å². The van der Waals surface area contributed by atoms with Crippen molar-refractivity contribution in [3.05, 3.63) is 27.1 Å². The van der Waals surface area contributed by atoms with Gasteiger partial charge in [0.15, 0.2) is 0 Å². The average Bonchev–Trinajstić information content (AvgIpc) is 2.82. The average molecular weight is 307 g/mol. The molecule has 0 saturated carbocycles. The van der Waals surface area contributed by atoms with Crippen LogP contribution in [-0.2, 0) is 11.3 Å². The largest absolute Gasteiger partial charge is 0.369 e. The predicted molar refractivity (Wildman–Crippen MR) is 79.1 cm³/mol. The quantitative estimate of drug-likeness (QED) is 0.871. The van der Waals surface area contributed by atoms with Crippen LogP contribution in [-0.4, -0.2) is 38.5 Å². The zero-order valence-corrected chi connectivity index (χ0v) is 12.6. The van der Waals surface area contributed by atoms with Crippen molar-refractivity contribution >= 4 is 22.2 Å². The van der Waals surface area contributed by atoms with Gasteiger partial charge in [0.05, 0.1) is 6.54 Å². The van der Waals surface area contributed by atoms with Gasteiger partial charge in [-0.25, -0.2) is 4.98 Å². The first kappa shape index (κ1) is 14.2. The molecule has 3 heterocycles. The molecule has 0 aromatic carbocycles. The first-order valence-electron chi connectivity index (χ1n) is 6.91. The molecule has 8 heteroatoms. The van der Waals surface area contributed by atoms with Gasteiger partial charge in [0.25, 0.3) is 5.56 Å². The minimum atomic E-state index is -0.208. The SMILES string of the molecule is Cc1cc(=O)n2nc(CN3CCC(C(N)=O)CC3)sc2n1. The van der Waals surface area contributed by atoms with Crippen LogP contribution in [0.4, 0.5) is 0 Å². The lowest BCUT2D eigenvalue weighted by Gasteiger charge is -2.29. The van der Waals surface area contributed by atoms with Gasteiger partial charge >= 0.3 is 0 Å². The van der Waals surface area contributed by atoms with Gasteiger partial charge in [-0.2, -0.15) is 9.61 Å². The van der Waals surface area contributed by atoms with Gasteiger partial charge in [-0.15, -0.1) is 0 Å². The number of fused-ring (bicyclic) bond motifs is 1. The number of nitrogens with zero attached hydrogens (tertiary/aromatic N) is 4. The van der Waals surface area contributed by atoms with E-state index in [0.29, 0.717) is 17.2 Å². The summed E-state index contributed by atoms with van der Waals surface area (Å²) in [6, 6.07) is 1.48. The summed E-state index contributed by atoms with van der Waals surface area (Å²) >= 11 is 1.43. The van der Waals surface area contributed by atoms with Gasteiger partial charge in [0.2, 0.25) is 10.9 Å². The number of piperidine rings is 1. The van der Waals surface area contributed by atoms with E-state index in [1.807, 2.05) is 0 Å². The van der Waals surface area contributed by atoms with Crippen LogP contribution in [0, 0.1) is 12.8 Å². The zero-order valence-electron chi connectivity index (χ0n) is 11.8. The molecule has 1 aliphatic rings. The summed E-state index contributed by atoms with van der Waals surface area (Å²) in [4.78, 5) is 30.2. The minimum absolute atomic E-state index is 0.0106. The molecule has 112 valence electrons. The number of rotatable bonds is 3. The fraction of sp³-hybridized carbons (Fsp3) is 0.538. The highest BCUT2D eigenvalue weighted by atomic mass is 32.1. The van der Waals surface area contributed by atoms with Crippen LogP contribution >= 0.6 is 11.3 Å². The molecule has 2 N–H and O–H groups in total. The molecule has 2 aromatic heterocycles. The highest BCUT2D eigenvalue weighted by Gasteiger charge is 2.23. The number of carbonyl (C=O) groups excluding carboxylic acids is 1. The van der Waals surface area contributed by atoms with Gasteiger partial charge in [-0.05, 0) is 32.9 Å². The van der Waals surface area contributed by atoms with E-state index < -0.39 is 0 Å². The zero-order chi connectivity index (χ0) is 15.0. The van der Waals surface area contributed by atoms with E-state index in [0.717, 1.165) is 30.9 Å². The van der Waals surface area contributed by atoms with Gasteiger partial charge in [0, 0.05) is 17.7 Å². The topological polar surface area (TPSA) is 93.6 Å². The van der Waals surface area contributed by atoms with E-state index in [4.69, 9.17) is 5.73 Å². The molecule has 0 radical (unpaired) electrons. The summed E-state index contributed by atoms with van der Waals surface area (Å²) in [6.45, 7) is 4.13. The summed E-state index contributed by atoms with van der Waals surface area (Å²) in [6.07, 6.45) is 1.58. The van der Waals surface area contributed by atoms with Crippen LogP contribution in [0.15, 0.2) is 10.9 Å². The molecule has 1 fully saturated rings. The lowest BCUT2D eigenvalue weighted by molar-refractivity contribution is -0.123. The molecule has 0 spiro atoms. The molecule has 0 bridgehead atoms. The van der Waals surface area contributed by atoms with Gasteiger partial charge in [-0.3, -0.25) is 14.5 Å². The lowest BCUT2D eigenvalue weighted by atomic mass is 9.96. The summed E-state index contributed by atoms with van der Waals surface area (Å²) in [5.74, 6) is -0.218. The summed E-state index contributed by atoms with van der Waals surface area (Å²) in [7, 11) is 0. The van der Waals surface area contributed by atoms with Crippen LogP contribution in [0.3, 0.4) is 0 Å². The van der Waals surface area contributed by atoms with E-state index in [2.05, 4.69) is 15.0 Å². The number of nitrogens with two attached hydrogens (primary N) is 1. The Kier molecular flexibility index (Phi) is 3.73. The first-order chi connectivity index (χ1) is 10.0. The summed E-state index contributed by atoms with van der Waals surface area (Å²) in [5, 5.41) is 5.19. The Morgan fingerprint density at radius 1 is 1.48 bits per heavy atom. The Hall–Kier alpha value is -1.80. The molecular formula is C13H17N5O2S. The molecule has 0 unspecified atom stereocenters. The Labute approximate surface area is 125 Å². The molecule has 1 saturated heterocycles. The van der Waals surface area contributed by atoms with Crippen LogP contribution in [0.5, 0.6) is 0 Å². The van der Waals surface area contributed by atoms with Crippen molar-refractivity contribution in [3.63, 3.8) is 0 Å². The molecule has 3 rings (SSSR count). The van der Waals surface area contributed by atoms with E-state index in [1.54, 1.807) is 6.92 Å². The maximum absolute atomic E-state index is 11.8. The fourth-order valence-corrected chi connectivity index (χ4v) is 3.58. The Bertz CT molecular complexity index is 730. The number of hydrogen-bond donors (Lipinski definition) is 1. The van der Waals surface area contributed by atoms with Crippen LogP contribution < -0.4 is 11.3 Å². The van der Waals surface area contributed by atoms with Gasteiger partial charge in [0.1, 0.15) is 5.01 Å². The molecule has 0 aliphatic carbocycles. The lowest BCUT2D eigenvalue weighted by Crippen LogP contribution is -2.38. The van der Waals surface area contributed by atoms with Crippen molar-refractivity contribution in [3.8, 4) is 0 Å². The molecule has 1 amide bonds. The number of likely N-dealkylation sites (tertiary alicyclic amines) is 1. The van der Waals surface area contributed by atoms with E-state index >= 15 is 0 Å². The third kappa shape index (κ3) is 2.96. The van der Waals surface area contributed by atoms with Crippen molar-refractivity contribution in [1.29, 1.82) is 0 Å². The highest BCUT2D eigenvalue weighted by molar-refractivity contribution is 7.16. The van der Waals surface area contributed by atoms with Crippen molar-refractivity contribution < 1.29 is 4.79 Å². The summed E-state index contributed by atoms with van der Waals surface area (Å²) in [5.41, 5.74) is 5.89. The fourth-order valence-electron chi connectivity index (χ4n) is 2.59. The second kappa shape index (κ2) is 5.53. The molecule has 0 atom stereocenters. The first-order valence-corrected chi connectivity index (χ1v) is 7.72. The van der Waals surface area contributed by atoms with E-state index in [-0.39, 0.29) is 17.4 Å². The number of carbonyl (C=O) groups is 1. The van der Waals surface area contributed by atoms with Crippen LogP contribution in [0.1, 0.15) is 23.5 Å². The Morgan fingerprint density at radius 3 is 2.86 bits per heavy atom. The second-order valence-electron chi connectivity index (χ2n) is 5.38. The number of aromatic nitrogens is 3. The monoisotopic (exact) mass is 307 g/mol. The number of aryl methyl sites for hydroxylation is 1.